The Bertz CT molecular complexity index is 786. The number of thiazole rings is 1. The molecule has 0 aliphatic rings. The van der Waals surface area contributed by atoms with Gasteiger partial charge in [-0.15, -0.1) is 11.3 Å². The van der Waals surface area contributed by atoms with E-state index in [-0.39, 0.29) is 6.54 Å². The number of benzene rings is 2. The Kier molecular flexibility index (Phi) is 4.08. The highest BCUT2D eigenvalue weighted by Gasteiger charge is 2.06. The molecule has 1 amide bonds. The largest absolute Gasteiger partial charge is 0.465 e. The third kappa shape index (κ3) is 3.53. The van der Waals surface area contributed by atoms with E-state index >= 15 is 0 Å². The maximum Gasteiger partial charge on any atom is 0.405 e. The number of hydrogen-bond acceptors (Lipinski definition) is 4. The summed E-state index contributed by atoms with van der Waals surface area (Å²) in [5, 5.41) is 16.9. The zero-order chi connectivity index (χ0) is 14.7. The second-order valence-corrected chi connectivity index (χ2v) is 6.39. The SMILES string of the molecule is O=C(O)NCc1nc(Sc2ccc3ccccc3c2)cs1. The first-order chi connectivity index (χ1) is 10.2. The van der Waals surface area contributed by atoms with Gasteiger partial charge >= 0.3 is 6.09 Å². The maximum atomic E-state index is 10.5. The number of amides is 1. The molecule has 6 heteroatoms. The zero-order valence-electron chi connectivity index (χ0n) is 10.9. The van der Waals surface area contributed by atoms with Gasteiger partial charge in [0.15, 0.2) is 0 Å². The summed E-state index contributed by atoms with van der Waals surface area (Å²) in [4.78, 5) is 16.0. The van der Waals surface area contributed by atoms with Gasteiger partial charge in [-0.25, -0.2) is 9.78 Å². The van der Waals surface area contributed by atoms with E-state index in [0.29, 0.717) is 0 Å². The number of nitrogens with zero attached hydrogens (tertiary/aromatic N) is 1. The minimum atomic E-state index is -1.03. The van der Waals surface area contributed by atoms with Crippen LogP contribution in [0.25, 0.3) is 10.8 Å². The molecule has 0 fully saturated rings. The second-order valence-electron chi connectivity index (χ2n) is 4.35. The lowest BCUT2D eigenvalue weighted by atomic mass is 10.1. The third-order valence-corrected chi connectivity index (χ3v) is 4.77. The predicted octanol–water partition coefficient (Wildman–Crippen LogP) is 4.22. The van der Waals surface area contributed by atoms with Crippen molar-refractivity contribution in [2.75, 3.05) is 0 Å². The lowest BCUT2D eigenvalue weighted by Gasteiger charge is -2.01. The van der Waals surface area contributed by atoms with Gasteiger partial charge in [0, 0.05) is 10.3 Å². The molecule has 0 saturated carbocycles. The predicted molar refractivity (Wildman–Crippen MR) is 85.0 cm³/mol. The number of fused-ring (bicyclic) bond motifs is 1. The molecular formula is C15H12N2O2S2. The van der Waals surface area contributed by atoms with Crippen LogP contribution in [0.2, 0.25) is 0 Å². The van der Waals surface area contributed by atoms with Gasteiger partial charge in [0.2, 0.25) is 0 Å². The zero-order valence-corrected chi connectivity index (χ0v) is 12.6. The normalized spacial score (nSPS) is 10.7. The van der Waals surface area contributed by atoms with Crippen molar-refractivity contribution >= 4 is 40.0 Å². The molecule has 0 saturated heterocycles. The number of rotatable bonds is 4. The molecule has 0 unspecified atom stereocenters. The first-order valence-electron chi connectivity index (χ1n) is 6.28. The number of carbonyl (C=O) groups is 1. The Labute approximate surface area is 129 Å². The summed E-state index contributed by atoms with van der Waals surface area (Å²) in [5.41, 5.74) is 0. The summed E-state index contributed by atoms with van der Waals surface area (Å²) in [5.74, 6) is 0. The van der Waals surface area contributed by atoms with Crippen molar-refractivity contribution in [3.05, 3.63) is 52.9 Å². The van der Waals surface area contributed by atoms with Gasteiger partial charge in [-0.05, 0) is 22.9 Å². The number of hydrogen-bond donors (Lipinski definition) is 2. The molecule has 106 valence electrons. The van der Waals surface area contributed by atoms with Crippen LogP contribution >= 0.6 is 23.1 Å². The molecule has 0 spiro atoms. The first-order valence-corrected chi connectivity index (χ1v) is 7.98. The summed E-state index contributed by atoms with van der Waals surface area (Å²) in [6.07, 6.45) is -1.03. The Morgan fingerprint density at radius 1 is 1.24 bits per heavy atom. The molecule has 0 radical (unpaired) electrons. The Balaban J connectivity index is 1.74. The Morgan fingerprint density at radius 2 is 2.05 bits per heavy atom. The molecule has 3 aromatic rings. The number of nitrogens with one attached hydrogen (secondary N) is 1. The molecule has 2 N–H and O–H groups in total. The van der Waals surface area contributed by atoms with Crippen molar-refractivity contribution in [2.24, 2.45) is 0 Å². The van der Waals surface area contributed by atoms with E-state index in [2.05, 4.69) is 40.6 Å². The molecule has 1 heterocycles. The van der Waals surface area contributed by atoms with Crippen LogP contribution in [0, 0.1) is 0 Å². The van der Waals surface area contributed by atoms with Gasteiger partial charge in [0.1, 0.15) is 10.0 Å². The summed E-state index contributed by atoms with van der Waals surface area (Å²) in [7, 11) is 0. The van der Waals surface area contributed by atoms with Gasteiger partial charge < -0.3 is 10.4 Å². The molecule has 0 bridgehead atoms. The molecule has 1 aromatic heterocycles. The highest BCUT2D eigenvalue weighted by molar-refractivity contribution is 7.99. The molecule has 4 nitrogen and oxygen atoms in total. The lowest BCUT2D eigenvalue weighted by molar-refractivity contribution is 0.194. The fraction of sp³-hybridized carbons (Fsp3) is 0.0667. The van der Waals surface area contributed by atoms with Crippen LogP contribution in [0.1, 0.15) is 5.01 Å². The maximum absolute atomic E-state index is 10.5. The molecule has 3 rings (SSSR count). The van der Waals surface area contributed by atoms with Crippen molar-refractivity contribution in [1.29, 1.82) is 0 Å². The fourth-order valence-electron chi connectivity index (χ4n) is 1.92. The van der Waals surface area contributed by atoms with E-state index in [0.717, 1.165) is 14.9 Å². The second kappa shape index (κ2) is 6.15. The van der Waals surface area contributed by atoms with Gasteiger partial charge in [-0.2, -0.15) is 0 Å². The van der Waals surface area contributed by atoms with Crippen molar-refractivity contribution in [1.82, 2.24) is 10.3 Å². The summed E-state index contributed by atoms with van der Waals surface area (Å²) < 4.78 is 0. The average molecular weight is 316 g/mol. The van der Waals surface area contributed by atoms with Crippen LogP contribution in [0.4, 0.5) is 4.79 Å². The molecular weight excluding hydrogens is 304 g/mol. The van der Waals surface area contributed by atoms with Gasteiger partial charge in [-0.3, -0.25) is 0 Å². The van der Waals surface area contributed by atoms with Crippen molar-refractivity contribution in [2.45, 2.75) is 16.5 Å². The standard InChI is InChI=1S/C15H12N2O2S2/c18-15(19)16-8-13-17-14(9-20-13)21-12-6-5-10-3-1-2-4-11(10)7-12/h1-7,9,16H,8H2,(H,18,19). The topological polar surface area (TPSA) is 62.2 Å². The highest BCUT2D eigenvalue weighted by Crippen LogP contribution is 2.30. The van der Waals surface area contributed by atoms with Gasteiger partial charge in [0.25, 0.3) is 0 Å². The number of carboxylic acid groups (broad SMARTS) is 1. The molecule has 0 atom stereocenters. The molecule has 0 aliphatic heterocycles. The highest BCUT2D eigenvalue weighted by atomic mass is 32.2. The van der Waals surface area contributed by atoms with Crippen molar-refractivity contribution in [3.63, 3.8) is 0 Å². The molecule has 0 aliphatic carbocycles. The van der Waals surface area contributed by atoms with Crippen LogP contribution < -0.4 is 5.32 Å². The monoisotopic (exact) mass is 316 g/mol. The van der Waals surface area contributed by atoms with E-state index in [9.17, 15) is 4.79 Å². The summed E-state index contributed by atoms with van der Waals surface area (Å²) in [6.45, 7) is 0.248. The van der Waals surface area contributed by atoms with E-state index in [1.165, 1.54) is 22.1 Å². The first kappa shape index (κ1) is 13.9. The molecule has 2 aromatic carbocycles. The van der Waals surface area contributed by atoms with E-state index in [4.69, 9.17) is 5.11 Å². The van der Waals surface area contributed by atoms with Crippen LogP contribution in [0.3, 0.4) is 0 Å². The summed E-state index contributed by atoms with van der Waals surface area (Å²) >= 11 is 3.04. The van der Waals surface area contributed by atoms with Crippen LogP contribution in [0.5, 0.6) is 0 Å². The minimum Gasteiger partial charge on any atom is -0.465 e. The van der Waals surface area contributed by atoms with Crippen LogP contribution in [-0.2, 0) is 6.54 Å². The number of aromatic nitrogens is 1. The Morgan fingerprint density at radius 3 is 2.86 bits per heavy atom. The van der Waals surface area contributed by atoms with Crippen molar-refractivity contribution in [3.8, 4) is 0 Å². The Hall–Kier alpha value is -2.05. The minimum absolute atomic E-state index is 0.248. The lowest BCUT2D eigenvalue weighted by Crippen LogP contribution is -2.19. The fourth-order valence-corrected chi connectivity index (χ4v) is 3.63. The van der Waals surface area contributed by atoms with E-state index in [1.54, 1.807) is 11.8 Å². The molecule has 21 heavy (non-hydrogen) atoms. The van der Waals surface area contributed by atoms with Gasteiger partial charge in [0.05, 0.1) is 6.54 Å². The van der Waals surface area contributed by atoms with Crippen LogP contribution in [0.15, 0.2) is 57.8 Å². The van der Waals surface area contributed by atoms with E-state index in [1.807, 2.05) is 17.5 Å². The average Bonchev–Trinajstić information content (AvgIpc) is 2.92. The third-order valence-electron chi connectivity index (χ3n) is 2.86. The quantitative estimate of drug-likeness (QED) is 0.756. The van der Waals surface area contributed by atoms with Crippen molar-refractivity contribution < 1.29 is 9.90 Å². The van der Waals surface area contributed by atoms with Crippen LogP contribution in [-0.4, -0.2) is 16.2 Å². The van der Waals surface area contributed by atoms with E-state index < -0.39 is 6.09 Å². The smallest absolute Gasteiger partial charge is 0.405 e. The summed E-state index contributed by atoms with van der Waals surface area (Å²) in [6, 6.07) is 14.5. The van der Waals surface area contributed by atoms with Gasteiger partial charge in [-0.1, -0.05) is 42.1 Å².